The molecular formula is C14H19Cl2NO. The van der Waals surface area contributed by atoms with E-state index in [0.29, 0.717) is 23.0 Å². The highest BCUT2D eigenvalue weighted by atomic mass is 35.5. The van der Waals surface area contributed by atoms with Gasteiger partial charge in [0.05, 0.1) is 0 Å². The average molecular weight is 288 g/mol. The first kappa shape index (κ1) is 15.3. The molecule has 0 saturated heterocycles. The van der Waals surface area contributed by atoms with E-state index < -0.39 is 0 Å². The summed E-state index contributed by atoms with van der Waals surface area (Å²) in [5, 5.41) is 0.684. The number of carbonyl (C=O) groups is 1. The van der Waals surface area contributed by atoms with E-state index in [1.807, 2.05) is 13.0 Å². The molecule has 18 heavy (non-hydrogen) atoms. The zero-order valence-corrected chi connectivity index (χ0v) is 12.4. The first-order valence-corrected chi connectivity index (χ1v) is 7.12. The standard InChI is InChI=1S/C14H19Cl2NO/c1-3-4-8-17(9-7-15)14(18)12-5-6-13(16)11(2)10-12/h5-6,10H,3-4,7-9H2,1-2H3. The van der Waals surface area contributed by atoms with Crippen molar-refractivity contribution in [3.05, 3.63) is 34.3 Å². The van der Waals surface area contributed by atoms with Crippen LogP contribution in [0.1, 0.15) is 35.7 Å². The summed E-state index contributed by atoms with van der Waals surface area (Å²) in [4.78, 5) is 14.1. The maximum atomic E-state index is 12.3. The molecule has 0 saturated carbocycles. The summed E-state index contributed by atoms with van der Waals surface area (Å²) >= 11 is 11.7. The highest BCUT2D eigenvalue weighted by molar-refractivity contribution is 6.31. The van der Waals surface area contributed by atoms with Crippen molar-refractivity contribution in [2.45, 2.75) is 26.7 Å². The van der Waals surface area contributed by atoms with Crippen molar-refractivity contribution >= 4 is 29.1 Å². The predicted octanol–water partition coefficient (Wildman–Crippen LogP) is 4.13. The number of halogens is 2. The molecule has 0 aromatic heterocycles. The number of carbonyl (C=O) groups excluding carboxylic acids is 1. The number of nitrogens with zero attached hydrogens (tertiary/aromatic N) is 1. The molecule has 100 valence electrons. The molecule has 0 bridgehead atoms. The minimum absolute atomic E-state index is 0.0314. The van der Waals surface area contributed by atoms with E-state index in [-0.39, 0.29) is 5.91 Å². The van der Waals surface area contributed by atoms with Gasteiger partial charge in [0.15, 0.2) is 0 Å². The van der Waals surface area contributed by atoms with Crippen molar-refractivity contribution in [2.75, 3.05) is 19.0 Å². The number of benzene rings is 1. The van der Waals surface area contributed by atoms with Crippen LogP contribution in [-0.2, 0) is 0 Å². The number of hydrogen-bond donors (Lipinski definition) is 0. The lowest BCUT2D eigenvalue weighted by molar-refractivity contribution is 0.0763. The summed E-state index contributed by atoms with van der Waals surface area (Å²) < 4.78 is 0. The Hall–Kier alpha value is -0.730. The second kappa shape index (κ2) is 7.65. The van der Waals surface area contributed by atoms with E-state index >= 15 is 0 Å². The average Bonchev–Trinajstić information content (AvgIpc) is 2.37. The van der Waals surface area contributed by atoms with Gasteiger partial charge in [-0.15, -0.1) is 11.6 Å². The van der Waals surface area contributed by atoms with Gasteiger partial charge in [-0.3, -0.25) is 4.79 Å². The molecule has 0 radical (unpaired) electrons. The predicted molar refractivity (Wildman–Crippen MR) is 77.7 cm³/mol. The summed E-state index contributed by atoms with van der Waals surface area (Å²) in [5.74, 6) is 0.492. The van der Waals surface area contributed by atoms with Crippen LogP contribution in [0.3, 0.4) is 0 Å². The Morgan fingerprint density at radius 3 is 2.61 bits per heavy atom. The molecule has 1 aromatic carbocycles. The lowest BCUT2D eigenvalue weighted by Gasteiger charge is -2.21. The molecule has 1 rings (SSSR count). The highest BCUT2D eigenvalue weighted by Gasteiger charge is 2.15. The van der Waals surface area contributed by atoms with E-state index in [1.165, 1.54) is 0 Å². The Labute approximate surface area is 119 Å². The van der Waals surface area contributed by atoms with Crippen molar-refractivity contribution in [3.8, 4) is 0 Å². The van der Waals surface area contributed by atoms with E-state index in [0.717, 1.165) is 24.9 Å². The molecule has 0 aliphatic heterocycles. The van der Waals surface area contributed by atoms with Crippen LogP contribution in [-0.4, -0.2) is 29.8 Å². The molecule has 0 heterocycles. The van der Waals surface area contributed by atoms with Crippen LogP contribution in [0.4, 0.5) is 0 Å². The monoisotopic (exact) mass is 287 g/mol. The first-order valence-electron chi connectivity index (χ1n) is 6.21. The minimum atomic E-state index is 0.0314. The van der Waals surface area contributed by atoms with Crippen molar-refractivity contribution in [1.29, 1.82) is 0 Å². The van der Waals surface area contributed by atoms with Gasteiger partial charge in [0.25, 0.3) is 5.91 Å². The van der Waals surface area contributed by atoms with Gasteiger partial charge in [0.1, 0.15) is 0 Å². The molecule has 4 heteroatoms. The van der Waals surface area contributed by atoms with Gasteiger partial charge < -0.3 is 4.90 Å². The molecule has 1 amide bonds. The summed E-state index contributed by atoms with van der Waals surface area (Å²) in [5.41, 5.74) is 1.60. The summed E-state index contributed by atoms with van der Waals surface area (Å²) in [6.45, 7) is 5.35. The molecular weight excluding hydrogens is 269 g/mol. The smallest absolute Gasteiger partial charge is 0.253 e. The summed E-state index contributed by atoms with van der Waals surface area (Å²) in [6.07, 6.45) is 2.06. The first-order chi connectivity index (χ1) is 8.60. The maximum absolute atomic E-state index is 12.3. The van der Waals surface area contributed by atoms with Crippen molar-refractivity contribution < 1.29 is 4.79 Å². The molecule has 0 spiro atoms. The van der Waals surface area contributed by atoms with Crippen LogP contribution in [0.15, 0.2) is 18.2 Å². The van der Waals surface area contributed by atoms with Gasteiger partial charge in [-0.25, -0.2) is 0 Å². The Morgan fingerprint density at radius 2 is 2.06 bits per heavy atom. The Bertz CT molecular complexity index is 407. The number of amides is 1. The lowest BCUT2D eigenvalue weighted by atomic mass is 10.1. The van der Waals surface area contributed by atoms with Crippen LogP contribution < -0.4 is 0 Å². The molecule has 2 nitrogen and oxygen atoms in total. The molecule has 0 N–H and O–H groups in total. The number of unbranched alkanes of at least 4 members (excludes halogenated alkanes) is 1. The fraction of sp³-hybridized carbons (Fsp3) is 0.500. The number of hydrogen-bond acceptors (Lipinski definition) is 1. The number of alkyl halides is 1. The van der Waals surface area contributed by atoms with Gasteiger partial charge in [-0.2, -0.15) is 0 Å². The molecule has 0 aliphatic rings. The third-order valence-corrected chi connectivity index (χ3v) is 3.42. The Kier molecular flexibility index (Phi) is 6.51. The molecule has 0 aliphatic carbocycles. The van der Waals surface area contributed by atoms with Crippen LogP contribution in [0.5, 0.6) is 0 Å². The highest BCUT2D eigenvalue weighted by Crippen LogP contribution is 2.17. The third kappa shape index (κ3) is 4.18. The van der Waals surface area contributed by atoms with Gasteiger partial charge in [0, 0.05) is 29.6 Å². The number of aryl methyl sites for hydroxylation is 1. The third-order valence-electron chi connectivity index (χ3n) is 2.83. The Morgan fingerprint density at radius 1 is 1.33 bits per heavy atom. The van der Waals surface area contributed by atoms with Crippen molar-refractivity contribution in [2.24, 2.45) is 0 Å². The molecule has 1 aromatic rings. The van der Waals surface area contributed by atoms with Crippen molar-refractivity contribution in [3.63, 3.8) is 0 Å². The zero-order valence-electron chi connectivity index (χ0n) is 10.9. The maximum Gasteiger partial charge on any atom is 0.253 e. The van der Waals surface area contributed by atoms with Gasteiger partial charge in [0.2, 0.25) is 0 Å². The normalized spacial score (nSPS) is 10.4. The van der Waals surface area contributed by atoms with Crippen LogP contribution >= 0.6 is 23.2 Å². The Balaban J connectivity index is 2.83. The van der Waals surface area contributed by atoms with Gasteiger partial charge >= 0.3 is 0 Å². The lowest BCUT2D eigenvalue weighted by Crippen LogP contribution is -2.33. The largest absolute Gasteiger partial charge is 0.337 e. The van der Waals surface area contributed by atoms with Crippen LogP contribution in [0.2, 0.25) is 5.02 Å². The van der Waals surface area contributed by atoms with Crippen LogP contribution in [0.25, 0.3) is 0 Å². The van der Waals surface area contributed by atoms with E-state index in [4.69, 9.17) is 23.2 Å². The van der Waals surface area contributed by atoms with E-state index in [9.17, 15) is 4.79 Å². The van der Waals surface area contributed by atoms with E-state index in [2.05, 4.69) is 6.92 Å². The fourth-order valence-electron chi connectivity index (χ4n) is 1.73. The minimum Gasteiger partial charge on any atom is -0.337 e. The van der Waals surface area contributed by atoms with Gasteiger partial charge in [-0.05, 0) is 37.1 Å². The van der Waals surface area contributed by atoms with Crippen molar-refractivity contribution in [1.82, 2.24) is 4.90 Å². The van der Waals surface area contributed by atoms with Gasteiger partial charge in [-0.1, -0.05) is 24.9 Å². The molecule has 0 fully saturated rings. The topological polar surface area (TPSA) is 20.3 Å². The summed E-state index contributed by atoms with van der Waals surface area (Å²) in [6, 6.07) is 5.37. The number of rotatable bonds is 6. The summed E-state index contributed by atoms with van der Waals surface area (Å²) in [7, 11) is 0. The quantitative estimate of drug-likeness (QED) is 0.721. The molecule has 0 unspecified atom stereocenters. The second-order valence-electron chi connectivity index (χ2n) is 4.30. The molecule has 0 atom stereocenters. The van der Waals surface area contributed by atoms with E-state index in [1.54, 1.807) is 17.0 Å². The SMILES string of the molecule is CCCCN(CCCl)C(=O)c1ccc(Cl)c(C)c1. The second-order valence-corrected chi connectivity index (χ2v) is 5.08. The fourth-order valence-corrected chi connectivity index (χ4v) is 2.05. The zero-order chi connectivity index (χ0) is 13.5. The van der Waals surface area contributed by atoms with Crippen LogP contribution in [0, 0.1) is 6.92 Å².